The van der Waals surface area contributed by atoms with Gasteiger partial charge in [0.05, 0.1) is 22.0 Å². The highest BCUT2D eigenvalue weighted by Gasteiger charge is 2.35. The van der Waals surface area contributed by atoms with Crippen LogP contribution < -0.4 is 9.46 Å². The maximum atomic E-state index is 12.6. The number of H-pyrrole nitrogens is 1. The van der Waals surface area contributed by atoms with Crippen LogP contribution in [-0.4, -0.2) is 41.4 Å². The van der Waals surface area contributed by atoms with E-state index in [0.717, 1.165) is 52.3 Å². The molecule has 5 rings (SSSR count). The van der Waals surface area contributed by atoms with Gasteiger partial charge in [0.2, 0.25) is 10.0 Å². The van der Waals surface area contributed by atoms with Gasteiger partial charge in [-0.05, 0) is 71.6 Å². The highest BCUT2D eigenvalue weighted by atomic mass is 35.5. The molecule has 0 saturated heterocycles. The standard InChI is InChI=1S/C33H26Cl2F3N3O5S/c1-2-25(31-39-17-30(40-31)26-13-9-22(34)15-28(26)35)21-5-3-19(4-6-21)20-7-10-23(11-8-20)46-24-12-14-29(27(16-24)32(42)43)41-47(44,45)18-33(36,37)38/h3-17,25,41H,2,18H2,1H3,(H,39,40)(H,42,43). The van der Waals surface area contributed by atoms with Crippen molar-refractivity contribution in [2.75, 3.05) is 10.5 Å². The van der Waals surface area contributed by atoms with E-state index in [4.69, 9.17) is 32.9 Å². The number of aromatic amines is 1. The largest absolute Gasteiger partial charge is 0.478 e. The van der Waals surface area contributed by atoms with Crippen molar-refractivity contribution in [2.45, 2.75) is 25.4 Å². The molecular weight excluding hydrogens is 678 g/mol. The second-order valence-electron chi connectivity index (χ2n) is 10.5. The molecular formula is C33H26Cl2F3N3O5S. The van der Waals surface area contributed by atoms with Gasteiger partial charge >= 0.3 is 12.1 Å². The van der Waals surface area contributed by atoms with Crippen LogP contribution in [0.25, 0.3) is 22.4 Å². The van der Waals surface area contributed by atoms with Crippen molar-refractivity contribution in [3.8, 4) is 33.9 Å². The van der Waals surface area contributed by atoms with E-state index in [1.807, 2.05) is 48.7 Å². The topological polar surface area (TPSA) is 121 Å². The second kappa shape index (κ2) is 13.7. The molecule has 1 unspecified atom stereocenters. The van der Waals surface area contributed by atoms with Crippen LogP contribution in [0.1, 0.15) is 41.0 Å². The highest BCUT2D eigenvalue weighted by Crippen LogP contribution is 2.34. The third kappa shape index (κ3) is 8.45. The van der Waals surface area contributed by atoms with Crippen LogP contribution in [0.4, 0.5) is 18.9 Å². The summed E-state index contributed by atoms with van der Waals surface area (Å²) in [6.45, 7) is 2.08. The average Bonchev–Trinajstić information content (AvgIpc) is 3.47. The fourth-order valence-corrected chi connectivity index (χ4v) is 6.49. The molecule has 1 aromatic heterocycles. The molecule has 14 heteroatoms. The van der Waals surface area contributed by atoms with E-state index in [1.54, 1.807) is 29.0 Å². The summed E-state index contributed by atoms with van der Waals surface area (Å²) < 4.78 is 68.9. The number of nitrogens with zero attached hydrogens (tertiary/aromatic N) is 1. The van der Waals surface area contributed by atoms with E-state index in [2.05, 4.69) is 11.9 Å². The number of nitrogens with one attached hydrogen (secondary N) is 2. The zero-order valence-corrected chi connectivity index (χ0v) is 26.8. The number of hydrogen-bond acceptors (Lipinski definition) is 5. The van der Waals surface area contributed by atoms with Crippen molar-refractivity contribution in [1.82, 2.24) is 9.97 Å². The summed E-state index contributed by atoms with van der Waals surface area (Å²) in [6.07, 6.45) is -2.37. The van der Waals surface area contributed by atoms with Crippen molar-refractivity contribution in [3.63, 3.8) is 0 Å². The highest BCUT2D eigenvalue weighted by molar-refractivity contribution is 7.92. The first-order valence-electron chi connectivity index (χ1n) is 14.0. The molecule has 3 N–H and O–H groups in total. The van der Waals surface area contributed by atoms with Gasteiger partial charge in [0.1, 0.15) is 17.3 Å². The van der Waals surface area contributed by atoms with E-state index in [1.165, 1.54) is 6.07 Å². The van der Waals surface area contributed by atoms with E-state index in [-0.39, 0.29) is 11.7 Å². The normalized spacial score (nSPS) is 12.5. The average molecular weight is 705 g/mol. The van der Waals surface area contributed by atoms with Crippen LogP contribution in [0.5, 0.6) is 11.5 Å². The lowest BCUT2D eigenvalue weighted by Gasteiger charge is -2.14. The lowest BCUT2D eigenvalue weighted by molar-refractivity contribution is -0.106. The molecule has 0 spiro atoms. The Morgan fingerprint density at radius 1 is 0.957 bits per heavy atom. The molecule has 8 nitrogen and oxygen atoms in total. The van der Waals surface area contributed by atoms with Crippen LogP contribution in [0.3, 0.4) is 0 Å². The monoisotopic (exact) mass is 703 g/mol. The van der Waals surface area contributed by atoms with Crippen molar-refractivity contribution >= 4 is 44.9 Å². The quantitative estimate of drug-likeness (QED) is 0.126. The number of carbonyl (C=O) groups is 1. The van der Waals surface area contributed by atoms with Crippen LogP contribution in [0, 0.1) is 0 Å². The smallest absolute Gasteiger partial charge is 0.404 e. The number of ether oxygens (including phenoxy) is 1. The molecule has 0 amide bonds. The van der Waals surface area contributed by atoms with Gasteiger partial charge < -0.3 is 14.8 Å². The number of benzene rings is 4. The van der Waals surface area contributed by atoms with E-state index >= 15 is 0 Å². The van der Waals surface area contributed by atoms with Crippen LogP contribution in [-0.2, 0) is 10.0 Å². The lowest BCUT2D eigenvalue weighted by atomic mass is 9.93. The lowest BCUT2D eigenvalue weighted by Crippen LogP contribution is -2.28. The molecule has 244 valence electrons. The first-order chi connectivity index (χ1) is 22.2. The van der Waals surface area contributed by atoms with Gasteiger partial charge in [0.25, 0.3) is 0 Å². The molecule has 47 heavy (non-hydrogen) atoms. The van der Waals surface area contributed by atoms with E-state index < -0.39 is 39.2 Å². The Kier molecular flexibility index (Phi) is 9.85. The summed E-state index contributed by atoms with van der Waals surface area (Å²) in [6, 6.07) is 23.6. The molecule has 0 aliphatic heterocycles. The van der Waals surface area contributed by atoms with Gasteiger partial charge in [-0.25, -0.2) is 18.2 Å². The summed E-state index contributed by atoms with van der Waals surface area (Å²) in [7, 11) is -4.88. The number of aromatic carboxylic acids is 1. The molecule has 0 fully saturated rings. The number of anilines is 1. The Balaban J connectivity index is 1.28. The van der Waals surface area contributed by atoms with E-state index in [0.29, 0.717) is 15.8 Å². The molecule has 0 aliphatic rings. The summed E-state index contributed by atoms with van der Waals surface area (Å²) >= 11 is 12.4. The molecule has 5 aromatic rings. The van der Waals surface area contributed by atoms with Crippen LogP contribution >= 0.6 is 23.2 Å². The molecule has 1 atom stereocenters. The predicted molar refractivity (Wildman–Crippen MR) is 175 cm³/mol. The van der Waals surface area contributed by atoms with Crippen molar-refractivity contribution in [3.05, 3.63) is 118 Å². The van der Waals surface area contributed by atoms with Crippen LogP contribution in [0.2, 0.25) is 10.0 Å². The second-order valence-corrected chi connectivity index (χ2v) is 13.1. The third-order valence-electron chi connectivity index (χ3n) is 7.12. The van der Waals surface area contributed by atoms with Crippen molar-refractivity contribution in [1.29, 1.82) is 0 Å². The third-order valence-corrected chi connectivity index (χ3v) is 8.91. The summed E-state index contributed by atoms with van der Waals surface area (Å²) in [5, 5.41) is 10.6. The van der Waals surface area contributed by atoms with Gasteiger partial charge in [-0.15, -0.1) is 0 Å². The Bertz CT molecular complexity index is 2020. The number of imidazole rings is 1. The minimum absolute atomic E-state index is 0.0154. The number of hydrogen-bond donors (Lipinski definition) is 3. The van der Waals surface area contributed by atoms with Crippen molar-refractivity contribution in [2.24, 2.45) is 0 Å². The maximum Gasteiger partial charge on any atom is 0.404 e. The molecule has 0 bridgehead atoms. The van der Waals surface area contributed by atoms with Gasteiger partial charge in [0.15, 0.2) is 5.75 Å². The number of alkyl halides is 3. The Labute approximate surface area is 278 Å². The zero-order chi connectivity index (χ0) is 33.9. The van der Waals surface area contributed by atoms with Crippen molar-refractivity contribution < 1.29 is 36.2 Å². The first kappa shape index (κ1) is 33.8. The Morgan fingerprint density at radius 2 is 1.60 bits per heavy atom. The van der Waals surface area contributed by atoms with Gasteiger partial charge in [-0.3, -0.25) is 4.72 Å². The van der Waals surface area contributed by atoms with Crippen LogP contribution in [0.15, 0.2) is 91.1 Å². The molecule has 4 aromatic carbocycles. The Hall–Kier alpha value is -4.52. The summed E-state index contributed by atoms with van der Waals surface area (Å²) in [5.74, 6) is -2.49. The number of aromatic nitrogens is 2. The van der Waals surface area contributed by atoms with E-state index in [9.17, 15) is 31.5 Å². The summed E-state index contributed by atoms with van der Waals surface area (Å²) in [5.41, 5.74) is 3.30. The number of carboxylic acids is 1. The maximum absolute atomic E-state index is 12.6. The molecule has 1 heterocycles. The zero-order valence-electron chi connectivity index (χ0n) is 24.5. The fraction of sp³-hybridized carbons (Fsp3) is 0.152. The number of halogens is 5. The molecule has 0 aliphatic carbocycles. The SMILES string of the molecule is CCC(c1ccc(-c2ccc(Oc3ccc(NS(=O)(=O)CC(F)(F)F)c(C(=O)O)c3)cc2)cc1)c1nc(-c2ccc(Cl)cc2Cl)c[nH]1. The number of rotatable bonds is 11. The Morgan fingerprint density at radius 3 is 2.19 bits per heavy atom. The van der Waals surface area contributed by atoms with Gasteiger partial charge in [0, 0.05) is 22.7 Å². The first-order valence-corrected chi connectivity index (χ1v) is 16.5. The number of sulfonamides is 1. The van der Waals surface area contributed by atoms with Gasteiger partial charge in [-0.1, -0.05) is 66.5 Å². The summed E-state index contributed by atoms with van der Waals surface area (Å²) in [4.78, 5) is 19.8. The fourth-order valence-electron chi connectivity index (χ4n) is 4.97. The predicted octanol–water partition coefficient (Wildman–Crippen LogP) is 9.39. The van der Waals surface area contributed by atoms with Gasteiger partial charge in [-0.2, -0.15) is 13.2 Å². The molecule has 0 saturated carbocycles. The molecule has 0 radical (unpaired) electrons. The number of carboxylic acid groups (broad SMARTS) is 1. The minimum atomic E-state index is -5.00. The minimum Gasteiger partial charge on any atom is -0.478 e.